The van der Waals surface area contributed by atoms with Crippen molar-refractivity contribution in [2.45, 2.75) is 64.2 Å². The van der Waals surface area contributed by atoms with E-state index in [1.807, 2.05) is 0 Å². The highest BCUT2D eigenvalue weighted by molar-refractivity contribution is 7.86. The molecular weight excluding hydrogens is 218 g/mol. The molecule has 3 unspecified atom stereocenters. The van der Waals surface area contributed by atoms with Crippen molar-refractivity contribution in [2.24, 2.45) is 5.92 Å². The molecule has 0 aliphatic heterocycles. The summed E-state index contributed by atoms with van der Waals surface area (Å²) in [7, 11) is -0.680. The molecule has 0 aromatic heterocycles. The third kappa shape index (κ3) is 4.17. The van der Waals surface area contributed by atoms with Crippen molar-refractivity contribution < 1.29 is 4.21 Å². The molecule has 1 aliphatic rings. The minimum Gasteiger partial charge on any atom is -0.314 e. The number of rotatable bonds is 5. The van der Waals surface area contributed by atoms with Gasteiger partial charge in [0.05, 0.1) is 0 Å². The van der Waals surface area contributed by atoms with Crippen molar-refractivity contribution in [3.05, 3.63) is 0 Å². The highest BCUT2D eigenvalue weighted by Gasteiger charge is 2.28. The summed E-state index contributed by atoms with van der Waals surface area (Å²) in [5, 5.41) is 3.56. The summed E-state index contributed by atoms with van der Waals surface area (Å²) in [5.41, 5.74) is 0. The molecule has 1 saturated carbocycles. The molecule has 16 heavy (non-hydrogen) atoms. The normalized spacial score (nSPS) is 28.2. The molecule has 3 atom stereocenters. The Hall–Kier alpha value is 0.110. The summed E-state index contributed by atoms with van der Waals surface area (Å²) in [6, 6.07) is 0.682. The van der Waals surface area contributed by atoms with E-state index in [9.17, 15) is 4.21 Å². The van der Waals surface area contributed by atoms with E-state index in [1.54, 1.807) is 0 Å². The van der Waals surface area contributed by atoms with E-state index in [-0.39, 0.29) is 4.75 Å². The van der Waals surface area contributed by atoms with Crippen molar-refractivity contribution in [3.8, 4) is 0 Å². The average molecular weight is 245 g/mol. The fourth-order valence-corrected chi connectivity index (χ4v) is 3.61. The van der Waals surface area contributed by atoms with E-state index in [2.05, 4.69) is 33.0 Å². The van der Waals surface area contributed by atoms with Crippen LogP contribution in [0.3, 0.4) is 0 Å². The number of hydrogen-bond donors (Lipinski definition) is 1. The molecule has 1 N–H and O–H groups in total. The van der Waals surface area contributed by atoms with Gasteiger partial charge in [0.15, 0.2) is 0 Å². The van der Waals surface area contributed by atoms with Gasteiger partial charge in [-0.2, -0.15) is 0 Å². The predicted molar refractivity (Wildman–Crippen MR) is 72.2 cm³/mol. The van der Waals surface area contributed by atoms with Crippen LogP contribution in [0.4, 0.5) is 0 Å². The highest BCUT2D eigenvalue weighted by atomic mass is 32.2. The SMILES string of the molecule is CCNC1CCCC1CCS(=O)C(C)(C)C. The highest BCUT2D eigenvalue weighted by Crippen LogP contribution is 2.29. The van der Waals surface area contributed by atoms with Crippen LogP contribution in [0.1, 0.15) is 53.4 Å². The summed E-state index contributed by atoms with van der Waals surface area (Å²) in [6.45, 7) is 9.44. The second-order valence-electron chi connectivity index (χ2n) is 5.81. The van der Waals surface area contributed by atoms with E-state index in [0.717, 1.165) is 24.6 Å². The monoisotopic (exact) mass is 245 g/mol. The Bertz CT molecular complexity index is 235. The summed E-state index contributed by atoms with van der Waals surface area (Å²) >= 11 is 0. The molecule has 0 saturated heterocycles. The Balaban J connectivity index is 2.34. The van der Waals surface area contributed by atoms with Crippen LogP contribution in [0.2, 0.25) is 0 Å². The van der Waals surface area contributed by atoms with E-state index < -0.39 is 10.8 Å². The predicted octanol–water partition coefficient (Wildman–Crippen LogP) is 2.70. The molecule has 0 heterocycles. The van der Waals surface area contributed by atoms with E-state index in [1.165, 1.54) is 19.3 Å². The lowest BCUT2D eigenvalue weighted by Gasteiger charge is -2.23. The molecule has 1 aliphatic carbocycles. The third-order valence-electron chi connectivity index (χ3n) is 3.48. The fourth-order valence-electron chi connectivity index (χ4n) is 2.48. The second kappa shape index (κ2) is 6.15. The fraction of sp³-hybridized carbons (Fsp3) is 1.00. The van der Waals surface area contributed by atoms with Crippen molar-refractivity contribution >= 4 is 10.8 Å². The standard InChI is InChI=1S/C13H27NOS/c1-5-14-12-8-6-7-11(12)9-10-16(15)13(2,3)4/h11-12,14H,5-10H2,1-4H3. The smallest absolute Gasteiger partial charge is 0.0375 e. The molecule has 0 amide bonds. The third-order valence-corrected chi connectivity index (χ3v) is 5.45. The Morgan fingerprint density at radius 2 is 2.00 bits per heavy atom. The van der Waals surface area contributed by atoms with Crippen molar-refractivity contribution in [1.29, 1.82) is 0 Å². The summed E-state index contributed by atoms with van der Waals surface area (Å²) < 4.78 is 11.9. The van der Waals surface area contributed by atoms with Gasteiger partial charge in [-0.1, -0.05) is 13.3 Å². The second-order valence-corrected chi connectivity index (χ2v) is 8.13. The maximum Gasteiger partial charge on any atom is 0.0375 e. The zero-order valence-corrected chi connectivity index (χ0v) is 12.0. The van der Waals surface area contributed by atoms with Crippen LogP contribution in [-0.4, -0.2) is 27.3 Å². The van der Waals surface area contributed by atoms with Gasteiger partial charge in [-0.3, -0.25) is 4.21 Å². The zero-order valence-electron chi connectivity index (χ0n) is 11.2. The van der Waals surface area contributed by atoms with Gasteiger partial charge in [0.25, 0.3) is 0 Å². The Morgan fingerprint density at radius 3 is 2.56 bits per heavy atom. The molecule has 0 aromatic carbocycles. The molecule has 3 heteroatoms. The summed E-state index contributed by atoms with van der Waals surface area (Å²) in [6.07, 6.45) is 5.09. The van der Waals surface area contributed by atoms with Crippen LogP contribution in [-0.2, 0) is 10.8 Å². The van der Waals surface area contributed by atoms with Gasteiger partial charge in [-0.15, -0.1) is 0 Å². The van der Waals surface area contributed by atoms with Crippen LogP contribution >= 0.6 is 0 Å². The first-order chi connectivity index (χ1) is 7.45. The maximum atomic E-state index is 12.0. The quantitative estimate of drug-likeness (QED) is 0.807. The molecule has 1 fully saturated rings. The van der Waals surface area contributed by atoms with E-state index in [4.69, 9.17) is 0 Å². The molecule has 0 radical (unpaired) electrons. The molecule has 96 valence electrons. The topological polar surface area (TPSA) is 29.1 Å². The summed E-state index contributed by atoms with van der Waals surface area (Å²) in [5.74, 6) is 1.63. The molecule has 0 aromatic rings. The lowest BCUT2D eigenvalue weighted by molar-refractivity contribution is 0.399. The van der Waals surface area contributed by atoms with Gasteiger partial charge in [0, 0.05) is 27.3 Å². The Morgan fingerprint density at radius 1 is 1.31 bits per heavy atom. The van der Waals surface area contributed by atoms with Crippen molar-refractivity contribution in [1.82, 2.24) is 5.32 Å². The molecule has 0 bridgehead atoms. The van der Waals surface area contributed by atoms with E-state index in [0.29, 0.717) is 6.04 Å². The van der Waals surface area contributed by atoms with Crippen LogP contribution in [0.15, 0.2) is 0 Å². The largest absolute Gasteiger partial charge is 0.314 e. The van der Waals surface area contributed by atoms with Gasteiger partial charge < -0.3 is 5.32 Å². The van der Waals surface area contributed by atoms with Crippen molar-refractivity contribution in [2.75, 3.05) is 12.3 Å². The first kappa shape index (κ1) is 14.2. The lowest BCUT2D eigenvalue weighted by atomic mass is 10.0. The molecular formula is C13H27NOS. The number of hydrogen-bond acceptors (Lipinski definition) is 2. The molecule has 2 nitrogen and oxygen atoms in total. The Labute approximate surface area is 103 Å². The molecule has 0 spiro atoms. The van der Waals surface area contributed by atoms with E-state index >= 15 is 0 Å². The van der Waals surface area contributed by atoms with Gasteiger partial charge in [0.2, 0.25) is 0 Å². The van der Waals surface area contributed by atoms with Gasteiger partial charge >= 0.3 is 0 Å². The van der Waals surface area contributed by atoms with Crippen LogP contribution in [0.5, 0.6) is 0 Å². The van der Waals surface area contributed by atoms with Crippen molar-refractivity contribution in [3.63, 3.8) is 0 Å². The minimum absolute atomic E-state index is 0.0493. The zero-order chi connectivity index (χ0) is 12.2. The first-order valence-electron chi connectivity index (χ1n) is 6.57. The molecule has 1 rings (SSSR count). The lowest BCUT2D eigenvalue weighted by Crippen LogP contribution is -2.33. The first-order valence-corrected chi connectivity index (χ1v) is 7.89. The van der Waals surface area contributed by atoms with Gasteiger partial charge in [-0.05, 0) is 52.5 Å². The van der Waals surface area contributed by atoms with Crippen LogP contribution in [0, 0.1) is 5.92 Å². The van der Waals surface area contributed by atoms with Crippen LogP contribution in [0.25, 0.3) is 0 Å². The summed E-state index contributed by atoms with van der Waals surface area (Å²) in [4.78, 5) is 0. The number of nitrogens with one attached hydrogen (secondary N) is 1. The Kier molecular flexibility index (Phi) is 5.45. The van der Waals surface area contributed by atoms with Crippen LogP contribution < -0.4 is 5.32 Å². The van der Waals surface area contributed by atoms with Gasteiger partial charge in [0.1, 0.15) is 0 Å². The maximum absolute atomic E-state index is 12.0. The van der Waals surface area contributed by atoms with Gasteiger partial charge in [-0.25, -0.2) is 0 Å². The minimum atomic E-state index is -0.680. The average Bonchev–Trinajstić information content (AvgIpc) is 2.61.